The lowest BCUT2D eigenvalue weighted by Gasteiger charge is -2.35. The zero-order chi connectivity index (χ0) is 32.8. The molecule has 0 aromatic heterocycles. The number of anilines is 1. The number of hydrogen-bond acceptors (Lipinski definition) is 4. The van der Waals surface area contributed by atoms with Crippen LogP contribution in [0.4, 0.5) is 10.1 Å². The molecule has 0 radical (unpaired) electrons. The highest BCUT2D eigenvalue weighted by atomic mass is 35.5. The van der Waals surface area contributed by atoms with Crippen LogP contribution in [-0.2, 0) is 32.6 Å². The zero-order valence-corrected chi connectivity index (χ0v) is 27.3. The first-order valence-electron chi connectivity index (χ1n) is 14.5. The SMILES string of the molecule is Cc1ccc(Cl)cc1N(CC(=O)N(Cc1ccccc1F)C(Cc1ccccc1)C(=O)NC(C)(C)C)S(=O)(=O)c1ccccc1. The van der Waals surface area contributed by atoms with Gasteiger partial charge in [0.2, 0.25) is 11.8 Å². The lowest BCUT2D eigenvalue weighted by molar-refractivity contribution is -0.140. The Morgan fingerprint density at radius 1 is 0.889 bits per heavy atom. The molecule has 0 aliphatic rings. The lowest BCUT2D eigenvalue weighted by Crippen LogP contribution is -2.56. The summed E-state index contributed by atoms with van der Waals surface area (Å²) in [6.07, 6.45) is 0.116. The number of carbonyl (C=O) groups is 2. The van der Waals surface area contributed by atoms with Gasteiger partial charge in [0, 0.05) is 29.1 Å². The van der Waals surface area contributed by atoms with Gasteiger partial charge >= 0.3 is 0 Å². The van der Waals surface area contributed by atoms with Crippen molar-refractivity contribution in [3.63, 3.8) is 0 Å². The number of nitrogens with zero attached hydrogens (tertiary/aromatic N) is 2. The van der Waals surface area contributed by atoms with Gasteiger partial charge < -0.3 is 10.2 Å². The summed E-state index contributed by atoms with van der Waals surface area (Å²) in [7, 11) is -4.28. The Bertz CT molecular complexity index is 1750. The third-order valence-corrected chi connectivity index (χ3v) is 9.13. The first-order chi connectivity index (χ1) is 21.3. The monoisotopic (exact) mass is 649 g/mol. The topological polar surface area (TPSA) is 86.8 Å². The molecule has 0 fully saturated rings. The van der Waals surface area contributed by atoms with Crippen LogP contribution in [0.2, 0.25) is 5.02 Å². The maximum Gasteiger partial charge on any atom is 0.264 e. The largest absolute Gasteiger partial charge is 0.350 e. The van der Waals surface area contributed by atoms with E-state index in [9.17, 15) is 18.0 Å². The highest BCUT2D eigenvalue weighted by molar-refractivity contribution is 7.92. The van der Waals surface area contributed by atoms with Crippen LogP contribution in [0, 0.1) is 12.7 Å². The molecule has 4 aromatic rings. The Morgan fingerprint density at radius 3 is 2.11 bits per heavy atom. The average molecular weight is 650 g/mol. The summed E-state index contributed by atoms with van der Waals surface area (Å²) in [6, 6.07) is 26.6. The number of rotatable bonds is 11. The second-order valence-electron chi connectivity index (χ2n) is 11.8. The lowest BCUT2D eigenvalue weighted by atomic mass is 10.0. The Balaban J connectivity index is 1.85. The van der Waals surface area contributed by atoms with E-state index in [-0.39, 0.29) is 34.1 Å². The first kappa shape index (κ1) is 33.7. The van der Waals surface area contributed by atoms with Crippen molar-refractivity contribution < 1.29 is 22.4 Å². The second kappa shape index (κ2) is 14.3. The second-order valence-corrected chi connectivity index (χ2v) is 14.1. The smallest absolute Gasteiger partial charge is 0.264 e. The number of nitrogens with one attached hydrogen (secondary N) is 1. The Morgan fingerprint density at radius 2 is 1.49 bits per heavy atom. The summed E-state index contributed by atoms with van der Waals surface area (Å²) < 4.78 is 44.3. The zero-order valence-electron chi connectivity index (χ0n) is 25.7. The molecule has 0 saturated carbocycles. The van der Waals surface area contributed by atoms with Gasteiger partial charge in [-0.1, -0.05) is 84.4 Å². The minimum atomic E-state index is -4.28. The highest BCUT2D eigenvalue weighted by Crippen LogP contribution is 2.30. The molecule has 1 unspecified atom stereocenters. The van der Waals surface area contributed by atoms with Gasteiger partial charge in [-0.2, -0.15) is 0 Å². The fourth-order valence-corrected chi connectivity index (χ4v) is 6.56. The number of sulfonamides is 1. The number of amides is 2. The molecule has 4 rings (SSSR count). The average Bonchev–Trinajstić information content (AvgIpc) is 2.99. The number of hydrogen-bond donors (Lipinski definition) is 1. The summed E-state index contributed by atoms with van der Waals surface area (Å²) in [5, 5.41) is 3.24. The Labute approximate surface area is 269 Å². The predicted octanol–water partition coefficient (Wildman–Crippen LogP) is 6.54. The molecule has 1 atom stereocenters. The van der Waals surface area contributed by atoms with Crippen LogP contribution in [0.15, 0.2) is 108 Å². The van der Waals surface area contributed by atoms with Gasteiger partial charge in [-0.3, -0.25) is 13.9 Å². The van der Waals surface area contributed by atoms with Crippen molar-refractivity contribution in [2.24, 2.45) is 0 Å². The molecule has 4 aromatic carbocycles. The quantitative estimate of drug-likeness (QED) is 0.200. The van der Waals surface area contributed by atoms with E-state index >= 15 is 4.39 Å². The van der Waals surface area contributed by atoms with Crippen LogP contribution in [0.5, 0.6) is 0 Å². The van der Waals surface area contributed by atoms with E-state index < -0.39 is 45.8 Å². The van der Waals surface area contributed by atoms with Gasteiger partial charge in [0.05, 0.1) is 10.6 Å². The molecular formula is C35H37ClFN3O4S. The maximum atomic E-state index is 15.1. The molecule has 0 aliphatic carbocycles. The molecular weight excluding hydrogens is 613 g/mol. The van der Waals surface area contributed by atoms with Gasteiger partial charge in [-0.25, -0.2) is 12.8 Å². The number of aryl methyl sites for hydroxylation is 1. The van der Waals surface area contributed by atoms with Crippen molar-refractivity contribution in [1.29, 1.82) is 0 Å². The van der Waals surface area contributed by atoms with Gasteiger partial charge in [-0.15, -0.1) is 0 Å². The Kier molecular flexibility index (Phi) is 10.7. The fraction of sp³-hybridized carbons (Fsp3) is 0.257. The summed E-state index contributed by atoms with van der Waals surface area (Å²) in [5.41, 5.74) is 1.10. The third kappa shape index (κ3) is 8.71. The van der Waals surface area contributed by atoms with Crippen molar-refractivity contribution in [2.45, 2.75) is 57.1 Å². The minimum Gasteiger partial charge on any atom is -0.350 e. The minimum absolute atomic E-state index is 0.0239. The maximum absolute atomic E-state index is 15.1. The van der Waals surface area contributed by atoms with Crippen molar-refractivity contribution in [2.75, 3.05) is 10.8 Å². The summed E-state index contributed by atoms with van der Waals surface area (Å²) in [5.74, 6) is -1.70. The van der Waals surface area contributed by atoms with E-state index in [0.29, 0.717) is 5.56 Å². The van der Waals surface area contributed by atoms with E-state index in [4.69, 9.17) is 11.6 Å². The molecule has 2 amide bonds. The molecule has 236 valence electrons. The van der Waals surface area contributed by atoms with Gasteiger partial charge in [-0.05, 0) is 69.2 Å². The predicted molar refractivity (Wildman–Crippen MR) is 176 cm³/mol. The summed E-state index contributed by atoms with van der Waals surface area (Å²) >= 11 is 6.31. The molecule has 10 heteroatoms. The Hall–Kier alpha value is -4.21. The van der Waals surface area contributed by atoms with E-state index in [1.165, 1.54) is 41.3 Å². The van der Waals surface area contributed by atoms with Crippen LogP contribution >= 0.6 is 11.6 Å². The molecule has 0 bridgehead atoms. The third-order valence-electron chi connectivity index (χ3n) is 7.12. The van der Waals surface area contributed by atoms with Gasteiger partial charge in [0.15, 0.2) is 0 Å². The highest BCUT2D eigenvalue weighted by Gasteiger charge is 2.36. The van der Waals surface area contributed by atoms with Crippen molar-refractivity contribution in [1.82, 2.24) is 10.2 Å². The van der Waals surface area contributed by atoms with E-state index in [1.807, 2.05) is 51.1 Å². The molecule has 7 nitrogen and oxygen atoms in total. The van der Waals surface area contributed by atoms with E-state index in [1.54, 1.807) is 43.3 Å². The number of benzene rings is 4. The van der Waals surface area contributed by atoms with E-state index in [2.05, 4.69) is 5.32 Å². The van der Waals surface area contributed by atoms with Crippen molar-refractivity contribution in [3.8, 4) is 0 Å². The molecule has 0 aliphatic heterocycles. The number of halogens is 2. The fourth-order valence-electron chi connectivity index (χ4n) is 4.90. The van der Waals surface area contributed by atoms with Crippen molar-refractivity contribution in [3.05, 3.63) is 131 Å². The van der Waals surface area contributed by atoms with Gasteiger partial charge in [0.25, 0.3) is 10.0 Å². The standard InChI is InChI=1S/C35H37ClFN3O4S/c1-25-19-20-28(36)22-31(25)40(45(43,44)29-16-9-6-10-17-29)24-33(41)39(23-27-15-11-12-18-30(27)37)32(34(42)38-35(2,3)4)21-26-13-7-5-8-14-26/h5-20,22,32H,21,23-24H2,1-4H3,(H,38,42). The normalized spacial score (nSPS) is 12.3. The summed E-state index contributed by atoms with van der Waals surface area (Å²) in [6.45, 7) is 6.25. The van der Waals surface area contributed by atoms with Gasteiger partial charge in [0.1, 0.15) is 18.4 Å². The molecule has 0 spiro atoms. The molecule has 1 N–H and O–H groups in total. The molecule has 0 saturated heterocycles. The number of carbonyl (C=O) groups excluding carboxylic acids is 2. The molecule has 45 heavy (non-hydrogen) atoms. The summed E-state index contributed by atoms with van der Waals surface area (Å²) in [4.78, 5) is 29.7. The van der Waals surface area contributed by atoms with Crippen LogP contribution < -0.4 is 9.62 Å². The van der Waals surface area contributed by atoms with E-state index in [0.717, 1.165) is 9.87 Å². The van der Waals surface area contributed by atoms with Crippen molar-refractivity contribution >= 4 is 39.1 Å². The van der Waals surface area contributed by atoms with Crippen LogP contribution in [0.1, 0.15) is 37.5 Å². The molecule has 0 heterocycles. The van der Waals surface area contributed by atoms with Crippen LogP contribution in [-0.4, -0.2) is 43.3 Å². The first-order valence-corrected chi connectivity index (χ1v) is 16.3. The van der Waals surface area contributed by atoms with Crippen LogP contribution in [0.3, 0.4) is 0 Å². The van der Waals surface area contributed by atoms with Crippen LogP contribution in [0.25, 0.3) is 0 Å².